The van der Waals surface area contributed by atoms with Gasteiger partial charge in [0.05, 0.1) is 11.4 Å². The molecule has 146 valence electrons. The second-order valence-corrected chi connectivity index (χ2v) is 8.21. The molecule has 0 unspecified atom stereocenters. The first-order valence-corrected chi connectivity index (χ1v) is 10.5. The normalized spacial score (nSPS) is 20.1. The summed E-state index contributed by atoms with van der Waals surface area (Å²) in [7, 11) is 0. The number of rotatable bonds is 5. The fourth-order valence-corrected chi connectivity index (χ4v) is 4.12. The highest BCUT2D eigenvalue weighted by Crippen LogP contribution is 2.36. The van der Waals surface area contributed by atoms with Crippen LogP contribution in [0.1, 0.15) is 38.1 Å². The molecule has 4 heterocycles. The van der Waals surface area contributed by atoms with Crippen LogP contribution in [-0.4, -0.2) is 45.3 Å². The maximum atomic E-state index is 5.05. The highest BCUT2D eigenvalue weighted by Gasteiger charge is 2.27. The minimum absolute atomic E-state index is 0.478. The number of pyridine rings is 1. The molecular weight excluding hydrogens is 348 g/mol. The van der Waals surface area contributed by atoms with Crippen molar-refractivity contribution in [1.29, 1.82) is 0 Å². The number of aryl methyl sites for hydroxylation is 1. The van der Waals surface area contributed by atoms with Gasteiger partial charge in [-0.2, -0.15) is 0 Å². The minimum Gasteiger partial charge on any atom is -0.352 e. The summed E-state index contributed by atoms with van der Waals surface area (Å²) >= 11 is 0. The van der Waals surface area contributed by atoms with E-state index in [9.17, 15) is 0 Å². The topological polar surface area (TPSA) is 58.4 Å². The Morgan fingerprint density at radius 1 is 1.21 bits per heavy atom. The van der Waals surface area contributed by atoms with E-state index in [2.05, 4.69) is 57.8 Å². The summed E-state index contributed by atoms with van der Waals surface area (Å²) < 4.78 is 2.06. The van der Waals surface area contributed by atoms with Crippen molar-refractivity contribution in [2.24, 2.45) is 5.92 Å². The highest BCUT2D eigenvalue weighted by molar-refractivity contribution is 5.67. The SMILES string of the molecule is CCc1cc(-c2c(CC3CC3)nc3ccc(N4CCN[C@H](C)C4)nn23)ccn1. The zero-order valence-electron chi connectivity index (χ0n) is 16.7. The zero-order chi connectivity index (χ0) is 19.1. The number of fused-ring (bicyclic) bond motifs is 1. The van der Waals surface area contributed by atoms with Crippen LogP contribution in [0.2, 0.25) is 0 Å². The smallest absolute Gasteiger partial charge is 0.154 e. The van der Waals surface area contributed by atoms with E-state index in [1.165, 1.54) is 24.1 Å². The van der Waals surface area contributed by atoms with Gasteiger partial charge in [0.15, 0.2) is 5.65 Å². The molecule has 0 aromatic carbocycles. The first-order valence-electron chi connectivity index (χ1n) is 10.5. The predicted molar refractivity (Wildman–Crippen MR) is 112 cm³/mol. The molecular formula is C22H28N6. The molecule has 0 radical (unpaired) electrons. The maximum absolute atomic E-state index is 5.05. The number of hydrogen-bond acceptors (Lipinski definition) is 5. The van der Waals surface area contributed by atoms with E-state index in [0.717, 1.165) is 61.2 Å². The van der Waals surface area contributed by atoms with Crippen molar-refractivity contribution in [2.45, 2.75) is 45.6 Å². The quantitative estimate of drug-likeness (QED) is 0.741. The average Bonchev–Trinajstić information content (AvgIpc) is 3.46. The van der Waals surface area contributed by atoms with E-state index in [0.29, 0.717) is 6.04 Å². The second kappa shape index (κ2) is 7.17. The molecule has 28 heavy (non-hydrogen) atoms. The predicted octanol–water partition coefficient (Wildman–Crippen LogP) is 3.10. The van der Waals surface area contributed by atoms with Gasteiger partial charge in [-0.15, -0.1) is 5.10 Å². The molecule has 0 amide bonds. The number of aromatic nitrogens is 4. The van der Waals surface area contributed by atoms with Crippen LogP contribution in [0.4, 0.5) is 5.82 Å². The van der Waals surface area contributed by atoms with Crippen LogP contribution in [0.15, 0.2) is 30.5 Å². The molecule has 6 nitrogen and oxygen atoms in total. The number of nitrogens with zero attached hydrogens (tertiary/aromatic N) is 5. The fourth-order valence-electron chi connectivity index (χ4n) is 4.12. The van der Waals surface area contributed by atoms with Crippen molar-refractivity contribution < 1.29 is 0 Å². The molecule has 1 aliphatic carbocycles. The Hall–Kier alpha value is -2.47. The third-order valence-electron chi connectivity index (χ3n) is 5.86. The minimum atomic E-state index is 0.478. The number of imidazole rings is 1. The van der Waals surface area contributed by atoms with Crippen LogP contribution in [0.5, 0.6) is 0 Å². The standard InChI is InChI=1S/C22H28N6/c1-3-18-13-17(8-9-24-18)22-19(12-16-4-5-16)25-20-6-7-21(26-28(20)22)27-11-10-23-15(2)14-27/h6-9,13,15-16,23H,3-5,10-12,14H2,1-2H3/t15-/m1/s1. The van der Waals surface area contributed by atoms with E-state index >= 15 is 0 Å². The Balaban J connectivity index is 1.62. The van der Waals surface area contributed by atoms with Crippen molar-refractivity contribution in [3.8, 4) is 11.3 Å². The van der Waals surface area contributed by atoms with Crippen LogP contribution in [0, 0.1) is 5.92 Å². The lowest BCUT2D eigenvalue weighted by atomic mass is 10.1. The monoisotopic (exact) mass is 376 g/mol. The van der Waals surface area contributed by atoms with Gasteiger partial charge in [0.25, 0.3) is 0 Å². The lowest BCUT2D eigenvalue weighted by Gasteiger charge is -2.32. The molecule has 0 spiro atoms. The van der Waals surface area contributed by atoms with Crippen molar-refractivity contribution in [1.82, 2.24) is 24.9 Å². The third-order valence-corrected chi connectivity index (χ3v) is 5.86. The molecule has 1 atom stereocenters. The van der Waals surface area contributed by atoms with E-state index in [1.807, 2.05) is 6.20 Å². The van der Waals surface area contributed by atoms with Gasteiger partial charge in [-0.05, 0) is 62.8 Å². The number of anilines is 1. The molecule has 1 saturated carbocycles. The van der Waals surface area contributed by atoms with Crippen LogP contribution in [0.3, 0.4) is 0 Å². The number of hydrogen-bond donors (Lipinski definition) is 1. The summed E-state index contributed by atoms with van der Waals surface area (Å²) in [5.74, 6) is 1.81. The molecule has 2 aliphatic rings. The van der Waals surface area contributed by atoms with Gasteiger partial charge in [-0.1, -0.05) is 6.92 Å². The third kappa shape index (κ3) is 3.37. The average molecular weight is 377 g/mol. The molecule has 1 aliphatic heterocycles. The molecule has 6 heteroatoms. The summed E-state index contributed by atoms with van der Waals surface area (Å²) in [6, 6.07) is 9.01. The van der Waals surface area contributed by atoms with Crippen molar-refractivity contribution in [3.05, 3.63) is 41.9 Å². The van der Waals surface area contributed by atoms with Gasteiger partial charge < -0.3 is 10.2 Å². The number of nitrogens with one attached hydrogen (secondary N) is 1. The van der Waals surface area contributed by atoms with E-state index in [-0.39, 0.29) is 0 Å². The summed E-state index contributed by atoms with van der Waals surface area (Å²) in [6.07, 6.45) is 6.53. The van der Waals surface area contributed by atoms with E-state index < -0.39 is 0 Å². The van der Waals surface area contributed by atoms with Gasteiger partial charge in [-0.25, -0.2) is 9.50 Å². The second-order valence-electron chi connectivity index (χ2n) is 8.21. The Kier molecular flexibility index (Phi) is 4.51. The molecule has 3 aromatic heterocycles. The lowest BCUT2D eigenvalue weighted by Crippen LogP contribution is -2.49. The Morgan fingerprint density at radius 2 is 2.11 bits per heavy atom. The van der Waals surface area contributed by atoms with Crippen LogP contribution in [0.25, 0.3) is 16.9 Å². The van der Waals surface area contributed by atoms with Crippen LogP contribution >= 0.6 is 0 Å². The number of piperazine rings is 1. The lowest BCUT2D eigenvalue weighted by molar-refractivity contribution is 0.481. The molecule has 0 bridgehead atoms. The molecule has 1 saturated heterocycles. The van der Waals surface area contributed by atoms with Gasteiger partial charge in [0, 0.05) is 43.1 Å². The highest BCUT2D eigenvalue weighted by atomic mass is 15.3. The van der Waals surface area contributed by atoms with E-state index in [1.54, 1.807) is 0 Å². The molecule has 3 aromatic rings. The van der Waals surface area contributed by atoms with Gasteiger partial charge in [0.1, 0.15) is 5.82 Å². The summed E-state index contributed by atoms with van der Waals surface area (Å²) in [4.78, 5) is 11.8. The zero-order valence-corrected chi connectivity index (χ0v) is 16.7. The molecule has 1 N–H and O–H groups in total. The van der Waals surface area contributed by atoms with Gasteiger partial charge in [-0.3, -0.25) is 4.98 Å². The Labute approximate surface area is 166 Å². The van der Waals surface area contributed by atoms with Crippen molar-refractivity contribution in [3.63, 3.8) is 0 Å². The summed E-state index contributed by atoms with van der Waals surface area (Å²) in [5, 5.41) is 8.55. The molecule has 2 fully saturated rings. The summed E-state index contributed by atoms with van der Waals surface area (Å²) in [6.45, 7) is 7.33. The molecule has 5 rings (SSSR count). The van der Waals surface area contributed by atoms with Crippen molar-refractivity contribution >= 4 is 11.5 Å². The Bertz CT molecular complexity index is 990. The Morgan fingerprint density at radius 3 is 2.89 bits per heavy atom. The van der Waals surface area contributed by atoms with Gasteiger partial charge >= 0.3 is 0 Å². The maximum Gasteiger partial charge on any atom is 0.154 e. The first kappa shape index (κ1) is 17.6. The first-order chi connectivity index (χ1) is 13.7. The van der Waals surface area contributed by atoms with Crippen molar-refractivity contribution in [2.75, 3.05) is 24.5 Å². The van der Waals surface area contributed by atoms with E-state index in [4.69, 9.17) is 10.1 Å². The largest absolute Gasteiger partial charge is 0.352 e. The van der Waals surface area contributed by atoms with Gasteiger partial charge in [0.2, 0.25) is 0 Å². The fraction of sp³-hybridized carbons (Fsp3) is 0.500. The van der Waals surface area contributed by atoms with Crippen LogP contribution in [-0.2, 0) is 12.8 Å². The summed E-state index contributed by atoms with van der Waals surface area (Å²) in [5.41, 5.74) is 5.54. The van der Waals surface area contributed by atoms with Crippen LogP contribution < -0.4 is 10.2 Å².